The Balaban J connectivity index is 2.83. The second kappa shape index (κ2) is 4.03. The summed E-state index contributed by atoms with van der Waals surface area (Å²) < 4.78 is 12.5. The highest BCUT2D eigenvalue weighted by Gasteiger charge is 2.07. The first kappa shape index (κ1) is 9.71. The molecule has 1 aromatic carbocycles. The third-order valence-electron chi connectivity index (χ3n) is 1.89. The van der Waals surface area contributed by atoms with Gasteiger partial charge in [0.05, 0.1) is 0 Å². The Bertz CT molecular complexity index is 294. The second-order valence-corrected chi connectivity index (χ2v) is 2.78. The molecule has 1 aromatic rings. The summed E-state index contributed by atoms with van der Waals surface area (Å²) >= 11 is 0. The highest BCUT2D eigenvalue weighted by molar-refractivity contribution is 5.92. The lowest BCUT2D eigenvalue weighted by molar-refractivity contribution is -0.118. The van der Waals surface area contributed by atoms with E-state index in [9.17, 15) is 9.18 Å². The maximum atomic E-state index is 12.5. The lowest BCUT2D eigenvalue weighted by Gasteiger charge is -2.15. The Kier molecular flexibility index (Phi) is 3.01. The quantitative estimate of drug-likeness (QED) is 0.685. The van der Waals surface area contributed by atoms with Crippen molar-refractivity contribution in [3.05, 3.63) is 30.1 Å². The minimum Gasteiger partial charge on any atom is -0.316 e. The van der Waals surface area contributed by atoms with Crippen molar-refractivity contribution in [2.24, 2.45) is 0 Å². The maximum Gasteiger partial charge on any atom is 0.226 e. The lowest BCUT2D eigenvalue weighted by Crippen LogP contribution is -2.24. The van der Waals surface area contributed by atoms with Gasteiger partial charge in [0.2, 0.25) is 5.91 Å². The number of anilines is 1. The van der Waals surface area contributed by atoms with Crippen molar-refractivity contribution >= 4 is 11.6 Å². The van der Waals surface area contributed by atoms with Crippen LogP contribution in [0.1, 0.15) is 13.3 Å². The first-order valence-electron chi connectivity index (χ1n) is 4.17. The van der Waals surface area contributed by atoms with E-state index in [1.54, 1.807) is 26.1 Å². The molecule has 1 amide bonds. The minimum absolute atomic E-state index is 0.0200. The van der Waals surface area contributed by atoms with Gasteiger partial charge in [-0.3, -0.25) is 4.79 Å². The van der Waals surface area contributed by atoms with Crippen LogP contribution in [0.4, 0.5) is 10.1 Å². The molecule has 0 unspecified atom stereocenters. The molecule has 0 aliphatic heterocycles. The van der Waals surface area contributed by atoms with Gasteiger partial charge in [-0.25, -0.2) is 4.39 Å². The molecule has 0 radical (unpaired) electrons. The number of benzene rings is 1. The van der Waals surface area contributed by atoms with Gasteiger partial charge < -0.3 is 4.90 Å². The first-order chi connectivity index (χ1) is 6.15. The van der Waals surface area contributed by atoms with Crippen LogP contribution in [0.3, 0.4) is 0 Å². The van der Waals surface area contributed by atoms with Gasteiger partial charge in [0.25, 0.3) is 0 Å². The Hall–Kier alpha value is -1.38. The third-order valence-corrected chi connectivity index (χ3v) is 1.89. The summed E-state index contributed by atoms with van der Waals surface area (Å²) in [5.41, 5.74) is 0.716. The average molecular weight is 181 g/mol. The molecule has 70 valence electrons. The number of amides is 1. The number of carbonyl (C=O) groups excluding carboxylic acids is 1. The van der Waals surface area contributed by atoms with Crippen molar-refractivity contribution in [1.29, 1.82) is 0 Å². The number of hydrogen-bond acceptors (Lipinski definition) is 1. The molecule has 0 N–H and O–H groups in total. The van der Waals surface area contributed by atoms with Crippen molar-refractivity contribution in [2.75, 3.05) is 11.9 Å². The molecule has 0 saturated carbocycles. The van der Waals surface area contributed by atoms with Gasteiger partial charge >= 0.3 is 0 Å². The Morgan fingerprint density at radius 1 is 1.38 bits per heavy atom. The topological polar surface area (TPSA) is 20.3 Å². The summed E-state index contributed by atoms with van der Waals surface area (Å²) in [6.45, 7) is 1.79. The molecule has 1 rings (SSSR count). The van der Waals surface area contributed by atoms with Gasteiger partial charge in [0, 0.05) is 19.2 Å². The normalized spacial score (nSPS) is 9.77. The van der Waals surface area contributed by atoms with Gasteiger partial charge in [-0.2, -0.15) is 0 Å². The molecule has 0 fully saturated rings. The summed E-state index contributed by atoms with van der Waals surface area (Å²) in [6.07, 6.45) is 0.452. The van der Waals surface area contributed by atoms with Crippen molar-refractivity contribution in [3.8, 4) is 0 Å². The molecule has 0 aromatic heterocycles. The van der Waals surface area contributed by atoms with Crippen LogP contribution in [0, 0.1) is 5.82 Å². The zero-order valence-electron chi connectivity index (χ0n) is 7.75. The fourth-order valence-electron chi connectivity index (χ4n) is 1.05. The molecule has 2 nitrogen and oxygen atoms in total. The highest BCUT2D eigenvalue weighted by Crippen LogP contribution is 2.13. The van der Waals surface area contributed by atoms with Crippen molar-refractivity contribution in [1.82, 2.24) is 0 Å². The molecule has 0 aliphatic rings. The van der Waals surface area contributed by atoms with E-state index >= 15 is 0 Å². The van der Waals surface area contributed by atoms with Crippen LogP contribution < -0.4 is 4.90 Å². The molecular weight excluding hydrogens is 169 g/mol. The zero-order valence-corrected chi connectivity index (χ0v) is 7.75. The number of carbonyl (C=O) groups is 1. The lowest BCUT2D eigenvalue weighted by atomic mass is 10.3. The van der Waals surface area contributed by atoms with Gasteiger partial charge in [0.15, 0.2) is 0 Å². The summed E-state index contributed by atoms with van der Waals surface area (Å²) in [5, 5.41) is 0. The van der Waals surface area contributed by atoms with Gasteiger partial charge in [-0.15, -0.1) is 0 Å². The van der Waals surface area contributed by atoms with E-state index in [4.69, 9.17) is 0 Å². The summed E-state index contributed by atoms with van der Waals surface area (Å²) in [6, 6.07) is 5.86. The number of hydrogen-bond donors (Lipinski definition) is 0. The molecule has 0 spiro atoms. The molecule has 0 heterocycles. The molecule has 0 saturated heterocycles. The molecule has 0 aliphatic carbocycles. The van der Waals surface area contributed by atoms with E-state index in [1.807, 2.05) is 0 Å². The van der Waals surface area contributed by atoms with Gasteiger partial charge in [-0.05, 0) is 24.3 Å². The Morgan fingerprint density at radius 2 is 1.92 bits per heavy atom. The highest BCUT2D eigenvalue weighted by atomic mass is 19.1. The summed E-state index contributed by atoms with van der Waals surface area (Å²) in [7, 11) is 1.68. The van der Waals surface area contributed by atoms with Crippen molar-refractivity contribution in [3.63, 3.8) is 0 Å². The standard InChI is InChI=1S/C10H12FNO/c1-3-10(13)12(2)9-6-4-8(11)5-7-9/h4-7H,3H2,1-2H3. The van der Waals surface area contributed by atoms with Crippen LogP contribution in [0.5, 0.6) is 0 Å². The predicted molar refractivity (Wildman–Crippen MR) is 50.1 cm³/mol. The van der Waals surface area contributed by atoms with E-state index in [0.29, 0.717) is 12.1 Å². The predicted octanol–water partition coefficient (Wildman–Crippen LogP) is 2.20. The zero-order chi connectivity index (χ0) is 9.84. The van der Waals surface area contributed by atoms with Gasteiger partial charge in [-0.1, -0.05) is 6.92 Å². The Morgan fingerprint density at radius 3 is 2.38 bits per heavy atom. The van der Waals surface area contributed by atoms with Crippen LogP contribution in [-0.2, 0) is 4.79 Å². The molecular formula is C10H12FNO. The Labute approximate surface area is 77.0 Å². The smallest absolute Gasteiger partial charge is 0.226 e. The van der Waals surface area contributed by atoms with Gasteiger partial charge in [0.1, 0.15) is 5.82 Å². The van der Waals surface area contributed by atoms with Crippen LogP contribution in [0.15, 0.2) is 24.3 Å². The van der Waals surface area contributed by atoms with E-state index in [-0.39, 0.29) is 11.7 Å². The molecule has 0 bridgehead atoms. The monoisotopic (exact) mass is 181 g/mol. The average Bonchev–Trinajstić information content (AvgIpc) is 2.17. The number of nitrogens with zero attached hydrogens (tertiary/aromatic N) is 1. The van der Waals surface area contributed by atoms with Crippen LogP contribution in [-0.4, -0.2) is 13.0 Å². The molecule has 13 heavy (non-hydrogen) atoms. The van der Waals surface area contributed by atoms with Crippen LogP contribution >= 0.6 is 0 Å². The fraction of sp³-hybridized carbons (Fsp3) is 0.300. The first-order valence-corrected chi connectivity index (χ1v) is 4.17. The molecule has 3 heteroatoms. The van der Waals surface area contributed by atoms with E-state index in [1.165, 1.54) is 17.0 Å². The van der Waals surface area contributed by atoms with E-state index in [0.717, 1.165) is 0 Å². The SMILES string of the molecule is CCC(=O)N(C)c1ccc(F)cc1. The minimum atomic E-state index is -0.291. The number of halogens is 1. The van der Waals surface area contributed by atoms with E-state index < -0.39 is 0 Å². The largest absolute Gasteiger partial charge is 0.316 e. The fourth-order valence-corrected chi connectivity index (χ4v) is 1.05. The summed E-state index contributed by atoms with van der Waals surface area (Å²) in [4.78, 5) is 12.7. The van der Waals surface area contributed by atoms with Crippen LogP contribution in [0.25, 0.3) is 0 Å². The van der Waals surface area contributed by atoms with Crippen molar-refractivity contribution in [2.45, 2.75) is 13.3 Å². The van der Waals surface area contributed by atoms with Crippen molar-refractivity contribution < 1.29 is 9.18 Å². The summed E-state index contributed by atoms with van der Waals surface area (Å²) in [5.74, 6) is -0.271. The van der Waals surface area contributed by atoms with Crippen LogP contribution in [0.2, 0.25) is 0 Å². The molecule has 0 atom stereocenters. The second-order valence-electron chi connectivity index (χ2n) is 2.78. The maximum absolute atomic E-state index is 12.5. The van der Waals surface area contributed by atoms with E-state index in [2.05, 4.69) is 0 Å². The number of rotatable bonds is 2. The third kappa shape index (κ3) is 2.28.